The van der Waals surface area contributed by atoms with Gasteiger partial charge in [0.25, 0.3) is 0 Å². The molecule has 2 aliphatic heterocycles. The van der Waals surface area contributed by atoms with Crippen LogP contribution < -0.4 is 0 Å². The van der Waals surface area contributed by atoms with E-state index in [-0.39, 0.29) is 17.1 Å². The summed E-state index contributed by atoms with van der Waals surface area (Å²) in [7, 11) is 0. The molecule has 0 aromatic rings. The van der Waals surface area contributed by atoms with Crippen LogP contribution in [0.15, 0.2) is 0 Å². The Hall–Kier alpha value is -1.47. The van der Waals surface area contributed by atoms with E-state index in [9.17, 15) is 14.4 Å². The van der Waals surface area contributed by atoms with Gasteiger partial charge in [0.2, 0.25) is 11.8 Å². The third kappa shape index (κ3) is 14.6. The molecule has 226 valence electrons. The van der Waals surface area contributed by atoms with Crippen molar-refractivity contribution in [2.45, 2.75) is 129 Å². The zero-order chi connectivity index (χ0) is 28.2. The second-order valence-corrected chi connectivity index (χ2v) is 12.0. The molecule has 0 bridgehead atoms. The number of amides is 2. The van der Waals surface area contributed by atoms with E-state index in [2.05, 4.69) is 11.8 Å². The zero-order valence-corrected chi connectivity index (χ0v) is 25.3. The summed E-state index contributed by atoms with van der Waals surface area (Å²) in [6.07, 6.45) is 20.8. The number of nitrogens with zero attached hydrogens (tertiary/aromatic N) is 2. The van der Waals surface area contributed by atoms with Crippen LogP contribution in [0.25, 0.3) is 0 Å². The molecule has 2 rings (SSSR count). The lowest BCUT2D eigenvalue weighted by molar-refractivity contribution is -0.151. The van der Waals surface area contributed by atoms with Crippen LogP contribution in [0.5, 0.6) is 0 Å². The van der Waals surface area contributed by atoms with Gasteiger partial charge in [-0.1, -0.05) is 84.0 Å². The Bertz CT molecular complexity index is 682. The van der Waals surface area contributed by atoms with Crippen molar-refractivity contribution in [1.82, 2.24) is 9.80 Å². The molecule has 0 atom stereocenters. The van der Waals surface area contributed by atoms with Gasteiger partial charge in [-0.05, 0) is 26.2 Å². The summed E-state index contributed by atoms with van der Waals surface area (Å²) < 4.78 is 10.8. The first kappa shape index (κ1) is 33.7. The zero-order valence-electron chi connectivity index (χ0n) is 25.3. The maximum absolute atomic E-state index is 12.7. The normalized spacial score (nSPS) is 16.5. The number of ketones is 1. The van der Waals surface area contributed by atoms with Gasteiger partial charge in [-0.2, -0.15) is 0 Å². The minimum absolute atomic E-state index is 0.121. The molecule has 7 nitrogen and oxygen atoms in total. The van der Waals surface area contributed by atoms with Crippen molar-refractivity contribution in [2.24, 2.45) is 5.41 Å². The van der Waals surface area contributed by atoms with E-state index >= 15 is 0 Å². The van der Waals surface area contributed by atoms with Crippen LogP contribution in [-0.2, 0) is 23.9 Å². The predicted octanol–water partition coefficient (Wildman–Crippen LogP) is 6.32. The molecule has 39 heavy (non-hydrogen) atoms. The second kappa shape index (κ2) is 20.4. The number of carbonyl (C=O) groups excluding carboxylic acids is 3. The Labute approximate surface area is 238 Å². The van der Waals surface area contributed by atoms with Gasteiger partial charge < -0.3 is 19.3 Å². The number of likely N-dealkylation sites (tertiary alicyclic amines) is 2. The molecule has 7 heteroatoms. The molecule has 0 radical (unpaired) electrons. The van der Waals surface area contributed by atoms with E-state index in [4.69, 9.17) is 9.47 Å². The molecule has 2 heterocycles. The number of unbranched alkanes of at least 4 members (excludes halogenated alkanes) is 12. The molecule has 2 aliphatic rings. The Morgan fingerprint density at radius 1 is 0.590 bits per heavy atom. The molecule has 0 unspecified atom stereocenters. The lowest BCUT2D eigenvalue weighted by Gasteiger charge is -2.54. The number of ether oxygens (including phenoxy) is 2. The van der Waals surface area contributed by atoms with Crippen molar-refractivity contribution in [2.75, 3.05) is 52.6 Å². The van der Waals surface area contributed by atoms with Crippen LogP contribution in [0.2, 0.25) is 0 Å². The summed E-state index contributed by atoms with van der Waals surface area (Å²) in [5.74, 6) is 0.595. The fourth-order valence-electron chi connectivity index (χ4n) is 5.79. The highest BCUT2D eigenvalue weighted by atomic mass is 16.5. The number of hydrogen-bond acceptors (Lipinski definition) is 5. The molecule has 0 saturated carbocycles. The van der Waals surface area contributed by atoms with Crippen molar-refractivity contribution >= 4 is 17.6 Å². The monoisotopic (exact) mass is 550 g/mol. The fourth-order valence-corrected chi connectivity index (χ4v) is 5.79. The molecule has 0 aromatic heterocycles. The SMILES string of the molecule is CCCCCCCCCCCCCCCC(=O)N1CCC2(CC1)CN(C(=O)CCOCCOCCC(C)=O)C2. The number of hydrogen-bond donors (Lipinski definition) is 0. The van der Waals surface area contributed by atoms with E-state index in [1.807, 2.05) is 4.90 Å². The van der Waals surface area contributed by atoms with Crippen LogP contribution in [0.3, 0.4) is 0 Å². The van der Waals surface area contributed by atoms with E-state index in [0.717, 1.165) is 45.4 Å². The molecule has 2 amide bonds. The number of piperidine rings is 1. The first-order valence-electron chi connectivity index (χ1n) is 16.2. The van der Waals surface area contributed by atoms with Crippen LogP contribution >= 0.6 is 0 Å². The molecule has 1 spiro atoms. The van der Waals surface area contributed by atoms with Crippen LogP contribution in [-0.4, -0.2) is 80.0 Å². The minimum atomic E-state index is 0.121. The van der Waals surface area contributed by atoms with Crippen molar-refractivity contribution in [3.05, 3.63) is 0 Å². The largest absolute Gasteiger partial charge is 0.379 e. The van der Waals surface area contributed by atoms with E-state index in [0.29, 0.717) is 51.6 Å². The number of rotatable bonds is 23. The highest BCUT2D eigenvalue weighted by Crippen LogP contribution is 2.40. The smallest absolute Gasteiger partial charge is 0.224 e. The van der Waals surface area contributed by atoms with Gasteiger partial charge >= 0.3 is 0 Å². The molecule has 0 aliphatic carbocycles. The van der Waals surface area contributed by atoms with Gasteiger partial charge in [-0.15, -0.1) is 0 Å². The minimum Gasteiger partial charge on any atom is -0.379 e. The second-order valence-electron chi connectivity index (χ2n) is 12.0. The average Bonchev–Trinajstić information content (AvgIpc) is 2.91. The molecule has 0 N–H and O–H groups in total. The highest BCUT2D eigenvalue weighted by molar-refractivity contribution is 5.78. The Morgan fingerprint density at radius 2 is 1.05 bits per heavy atom. The van der Waals surface area contributed by atoms with Crippen LogP contribution in [0.1, 0.15) is 129 Å². The quantitative estimate of drug-likeness (QED) is 0.139. The summed E-state index contributed by atoms with van der Waals surface area (Å²) in [6.45, 7) is 8.86. The summed E-state index contributed by atoms with van der Waals surface area (Å²) in [6, 6.07) is 0. The first-order valence-corrected chi connectivity index (χ1v) is 16.2. The van der Waals surface area contributed by atoms with Crippen LogP contribution in [0.4, 0.5) is 0 Å². The van der Waals surface area contributed by atoms with Gasteiger partial charge in [0.15, 0.2) is 0 Å². The topological polar surface area (TPSA) is 76.2 Å². The van der Waals surface area contributed by atoms with E-state index in [1.165, 1.54) is 77.0 Å². The highest BCUT2D eigenvalue weighted by Gasteiger charge is 2.46. The lowest BCUT2D eigenvalue weighted by Crippen LogP contribution is -2.62. The Balaban J connectivity index is 1.40. The average molecular weight is 551 g/mol. The molecule has 0 aromatic carbocycles. The molecular formula is C32H58N2O5. The first-order chi connectivity index (χ1) is 19.0. The predicted molar refractivity (Wildman–Crippen MR) is 157 cm³/mol. The van der Waals surface area contributed by atoms with Crippen LogP contribution in [0, 0.1) is 5.41 Å². The van der Waals surface area contributed by atoms with E-state index < -0.39 is 0 Å². The van der Waals surface area contributed by atoms with Crippen molar-refractivity contribution < 1.29 is 23.9 Å². The third-order valence-corrected chi connectivity index (χ3v) is 8.51. The number of carbonyl (C=O) groups is 3. The van der Waals surface area contributed by atoms with Gasteiger partial charge in [-0.3, -0.25) is 14.4 Å². The maximum atomic E-state index is 12.7. The maximum Gasteiger partial charge on any atom is 0.224 e. The van der Waals surface area contributed by atoms with Crippen molar-refractivity contribution in [3.8, 4) is 0 Å². The summed E-state index contributed by atoms with van der Waals surface area (Å²) in [5, 5.41) is 0. The Kier molecular flexibility index (Phi) is 17.7. The summed E-state index contributed by atoms with van der Waals surface area (Å²) in [4.78, 5) is 40.0. The summed E-state index contributed by atoms with van der Waals surface area (Å²) >= 11 is 0. The standard InChI is InChI=1S/C32H58N2O5/c1-3-4-5-6-7-8-9-10-11-12-13-14-15-16-30(36)33-21-19-32(20-22-33)27-34(28-32)31(37)18-24-39-26-25-38-23-17-29(2)35/h3-28H2,1-2H3. The fraction of sp³-hybridized carbons (Fsp3) is 0.906. The van der Waals surface area contributed by atoms with E-state index in [1.54, 1.807) is 6.92 Å². The molecule has 2 fully saturated rings. The van der Waals surface area contributed by atoms with Crippen molar-refractivity contribution in [3.63, 3.8) is 0 Å². The third-order valence-electron chi connectivity index (χ3n) is 8.51. The Morgan fingerprint density at radius 3 is 1.56 bits per heavy atom. The summed E-state index contributed by atoms with van der Waals surface area (Å²) in [5.41, 5.74) is 0.216. The molecular weight excluding hydrogens is 492 g/mol. The van der Waals surface area contributed by atoms with Gasteiger partial charge in [-0.25, -0.2) is 0 Å². The van der Waals surface area contributed by atoms with Gasteiger partial charge in [0.1, 0.15) is 5.78 Å². The number of Topliss-reactive ketones (excluding diaryl/α,β-unsaturated/α-hetero) is 1. The van der Waals surface area contributed by atoms with Crippen molar-refractivity contribution in [1.29, 1.82) is 0 Å². The van der Waals surface area contributed by atoms with Gasteiger partial charge in [0.05, 0.1) is 32.8 Å². The van der Waals surface area contributed by atoms with Gasteiger partial charge in [0, 0.05) is 44.4 Å². The lowest BCUT2D eigenvalue weighted by atomic mass is 9.72. The molecule has 2 saturated heterocycles.